The second-order valence-corrected chi connectivity index (χ2v) is 9.42. The minimum absolute atomic E-state index is 0.0184. The number of aliphatic hydroxyl groups is 1. The number of hydrogen-bond acceptors (Lipinski definition) is 5. The molecular weight excluding hydrogens is 368 g/mol. The third-order valence-corrected chi connectivity index (χ3v) is 5.69. The number of β-amino-alcohol motifs (C(OH)–C–C–N with tert-alkyl or cyclic N) is 1. The van der Waals surface area contributed by atoms with Crippen LogP contribution >= 0.6 is 0 Å². The van der Waals surface area contributed by atoms with Gasteiger partial charge in [-0.1, -0.05) is 32.9 Å². The minimum atomic E-state index is -0.859. The first-order chi connectivity index (χ1) is 13.5. The molecule has 29 heavy (non-hydrogen) atoms. The van der Waals surface area contributed by atoms with E-state index in [-0.39, 0.29) is 36.9 Å². The average Bonchev–Trinajstić information content (AvgIpc) is 3.11. The van der Waals surface area contributed by atoms with E-state index in [1.807, 2.05) is 24.3 Å². The highest BCUT2D eigenvalue weighted by Crippen LogP contribution is 2.28. The Morgan fingerprint density at radius 1 is 1.28 bits per heavy atom. The topological polar surface area (TPSA) is 87.9 Å². The Morgan fingerprint density at radius 3 is 2.41 bits per heavy atom. The highest BCUT2D eigenvalue weighted by Gasteiger charge is 2.41. The van der Waals surface area contributed by atoms with Crippen LogP contribution in [-0.4, -0.2) is 64.5 Å². The summed E-state index contributed by atoms with van der Waals surface area (Å²) in [5, 5.41) is 19.3. The second kappa shape index (κ2) is 7.68. The number of benzene rings is 1. The number of nitriles is 1. The van der Waals surface area contributed by atoms with E-state index in [0.29, 0.717) is 18.7 Å². The fraction of sp³-hybridized carbons (Fsp3) is 0.591. The van der Waals surface area contributed by atoms with Gasteiger partial charge >= 0.3 is 0 Å². The van der Waals surface area contributed by atoms with Crippen LogP contribution in [-0.2, 0) is 15.0 Å². The Hall–Kier alpha value is -2.59. The van der Waals surface area contributed by atoms with Crippen LogP contribution in [0.25, 0.3) is 0 Å². The third kappa shape index (κ3) is 4.54. The van der Waals surface area contributed by atoms with Gasteiger partial charge in [0.25, 0.3) is 5.91 Å². The van der Waals surface area contributed by atoms with Crippen molar-refractivity contribution in [1.82, 2.24) is 9.80 Å². The summed E-state index contributed by atoms with van der Waals surface area (Å²) in [5.41, 5.74) is 0.906. The van der Waals surface area contributed by atoms with Crippen LogP contribution in [0.1, 0.15) is 46.1 Å². The lowest BCUT2D eigenvalue weighted by Crippen LogP contribution is -2.63. The summed E-state index contributed by atoms with van der Waals surface area (Å²) in [6, 6.07) is 7.15. The predicted octanol–water partition coefficient (Wildman–Crippen LogP) is 1.86. The third-order valence-electron chi connectivity index (χ3n) is 5.69. The van der Waals surface area contributed by atoms with Gasteiger partial charge in [-0.3, -0.25) is 14.5 Å². The standard InChI is InChI=1S/C22H30N4O3/c1-21(2,3)16-7-9-17(10-8-16)26(12-19(27)25-13-22(4,29)14-25)20(28)18-6-5-11-24(18)15-23/h7-10,18,29H,5-6,11-14H2,1-4H3/t18-/m1/s1. The van der Waals surface area contributed by atoms with E-state index in [4.69, 9.17) is 0 Å². The summed E-state index contributed by atoms with van der Waals surface area (Å²) >= 11 is 0. The van der Waals surface area contributed by atoms with Crippen LogP contribution in [0.5, 0.6) is 0 Å². The Labute approximate surface area is 172 Å². The molecule has 1 atom stereocenters. The fourth-order valence-corrected chi connectivity index (χ4v) is 3.95. The van der Waals surface area contributed by atoms with Crippen LogP contribution in [0.15, 0.2) is 24.3 Å². The zero-order valence-corrected chi connectivity index (χ0v) is 17.7. The van der Waals surface area contributed by atoms with Crippen molar-refractivity contribution in [1.29, 1.82) is 5.26 Å². The maximum Gasteiger partial charge on any atom is 0.250 e. The van der Waals surface area contributed by atoms with Crippen LogP contribution in [0.2, 0.25) is 0 Å². The van der Waals surface area contributed by atoms with E-state index >= 15 is 0 Å². The predicted molar refractivity (Wildman–Crippen MR) is 110 cm³/mol. The quantitative estimate of drug-likeness (QED) is 0.782. The Balaban J connectivity index is 1.84. The number of carbonyl (C=O) groups excluding carboxylic acids is 2. The number of amides is 2. The maximum absolute atomic E-state index is 13.3. The summed E-state index contributed by atoms with van der Waals surface area (Å²) < 4.78 is 0. The number of likely N-dealkylation sites (tertiary alicyclic amines) is 2. The van der Waals surface area contributed by atoms with Gasteiger partial charge in [0, 0.05) is 12.2 Å². The molecule has 2 amide bonds. The molecule has 7 nitrogen and oxygen atoms in total. The van der Waals surface area contributed by atoms with Crippen LogP contribution in [0.3, 0.4) is 0 Å². The molecule has 1 aromatic carbocycles. The van der Waals surface area contributed by atoms with Crippen molar-refractivity contribution in [3.63, 3.8) is 0 Å². The molecule has 0 spiro atoms. The Kier molecular flexibility index (Phi) is 5.59. The normalized spacial score (nSPS) is 20.8. The second-order valence-electron chi connectivity index (χ2n) is 9.42. The monoisotopic (exact) mass is 398 g/mol. The molecule has 7 heteroatoms. The lowest BCUT2D eigenvalue weighted by atomic mass is 9.87. The lowest BCUT2D eigenvalue weighted by Gasteiger charge is -2.44. The molecule has 0 aliphatic carbocycles. The molecule has 2 aliphatic heterocycles. The highest BCUT2D eigenvalue weighted by molar-refractivity contribution is 6.02. The zero-order chi connectivity index (χ0) is 21.4. The number of anilines is 1. The zero-order valence-electron chi connectivity index (χ0n) is 17.7. The highest BCUT2D eigenvalue weighted by atomic mass is 16.3. The van der Waals surface area contributed by atoms with E-state index in [0.717, 1.165) is 12.0 Å². The number of rotatable bonds is 4. The first-order valence-corrected chi connectivity index (χ1v) is 10.1. The van der Waals surface area contributed by atoms with Crippen molar-refractivity contribution in [3.05, 3.63) is 29.8 Å². The smallest absolute Gasteiger partial charge is 0.250 e. The minimum Gasteiger partial charge on any atom is -0.386 e. The molecule has 2 aliphatic rings. The Bertz CT molecular complexity index is 812. The first kappa shape index (κ1) is 21.1. The van der Waals surface area contributed by atoms with Gasteiger partial charge in [0.2, 0.25) is 5.91 Å². The summed E-state index contributed by atoms with van der Waals surface area (Å²) in [7, 11) is 0. The van der Waals surface area contributed by atoms with E-state index in [1.54, 1.807) is 11.8 Å². The maximum atomic E-state index is 13.3. The molecule has 0 saturated carbocycles. The van der Waals surface area contributed by atoms with Crippen molar-refractivity contribution < 1.29 is 14.7 Å². The molecule has 1 aromatic rings. The largest absolute Gasteiger partial charge is 0.386 e. The summed E-state index contributed by atoms with van der Waals surface area (Å²) in [6.45, 7) is 9.05. The van der Waals surface area contributed by atoms with E-state index < -0.39 is 11.6 Å². The lowest BCUT2D eigenvalue weighted by molar-refractivity contribution is -0.151. The number of hydrogen-bond donors (Lipinski definition) is 1. The fourth-order valence-electron chi connectivity index (χ4n) is 3.95. The number of carbonyl (C=O) groups is 2. The van der Waals surface area contributed by atoms with Gasteiger partial charge in [-0.15, -0.1) is 0 Å². The van der Waals surface area contributed by atoms with Crippen molar-refractivity contribution in [2.75, 3.05) is 31.1 Å². The molecule has 3 rings (SSSR count). The van der Waals surface area contributed by atoms with Gasteiger partial charge < -0.3 is 14.9 Å². The van der Waals surface area contributed by atoms with Gasteiger partial charge in [0.15, 0.2) is 6.19 Å². The molecule has 0 bridgehead atoms. The number of nitrogens with zero attached hydrogens (tertiary/aromatic N) is 4. The molecule has 2 saturated heterocycles. The van der Waals surface area contributed by atoms with Gasteiger partial charge in [0.05, 0.1) is 18.7 Å². The molecule has 2 fully saturated rings. The van der Waals surface area contributed by atoms with Crippen LogP contribution in [0, 0.1) is 11.5 Å². The SMILES string of the molecule is CC1(O)CN(C(=O)CN(C(=O)[C@H]2CCCN2C#N)c2ccc(C(C)(C)C)cc2)C1. The van der Waals surface area contributed by atoms with Crippen molar-refractivity contribution >= 4 is 17.5 Å². The average molecular weight is 399 g/mol. The summed E-state index contributed by atoms with van der Waals surface area (Å²) in [4.78, 5) is 30.6. The van der Waals surface area contributed by atoms with Crippen LogP contribution in [0.4, 0.5) is 5.69 Å². The van der Waals surface area contributed by atoms with Crippen molar-refractivity contribution in [2.24, 2.45) is 0 Å². The molecule has 0 aromatic heterocycles. The van der Waals surface area contributed by atoms with Crippen molar-refractivity contribution in [3.8, 4) is 6.19 Å². The molecule has 156 valence electrons. The van der Waals surface area contributed by atoms with Crippen molar-refractivity contribution in [2.45, 2.75) is 57.6 Å². The van der Waals surface area contributed by atoms with Gasteiger partial charge in [-0.05, 0) is 42.9 Å². The molecule has 1 N–H and O–H groups in total. The van der Waals surface area contributed by atoms with E-state index in [2.05, 4.69) is 27.0 Å². The van der Waals surface area contributed by atoms with E-state index in [9.17, 15) is 20.0 Å². The Morgan fingerprint density at radius 2 is 1.90 bits per heavy atom. The molecule has 2 heterocycles. The van der Waals surface area contributed by atoms with Gasteiger partial charge in [-0.25, -0.2) is 0 Å². The molecule has 0 radical (unpaired) electrons. The van der Waals surface area contributed by atoms with Gasteiger partial charge in [-0.2, -0.15) is 5.26 Å². The van der Waals surface area contributed by atoms with E-state index in [1.165, 1.54) is 9.80 Å². The van der Waals surface area contributed by atoms with Gasteiger partial charge in [0.1, 0.15) is 12.6 Å². The molecular formula is C22H30N4O3. The molecule has 0 unspecified atom stereocenters. The van der Waals surface area contributed by atoms with Crippen LogP contribution < -0.4 is 4.90 Å². The summed E-state index contributed by atoms with van der Waals surface area (Å²) in [6.07, 6.45) is 3.49. The first-order valence-electron chi connectivity index (χ1n) is 10.1. The summed E-state index contributed by atoms with van der Waals surface area (Å²) in [5.74, 6) is -0.431.